The number of carbonyl (C=O) groups excluding carboxylic acids is 2. The van der Waals surface area contributed by atoms with Gasteiger partial charge in [0.25, 0.3) is 5.91 Å². The van der Waals surface area contributed by atoms with E-state index in [0.29, 0.717) is 18.5 Å². The summed E-state index contributed by atoms with van der Waals surface area (Å²) in [5.74, 6) is -0.499. The van der Waals surface area contributed by atoms with E-state index < -0.39 is 6.04 Å². The monoisotopic (exact) mass is 360 g/mol. The number of pyridine rings is 1. The fourth-order valence-corrected chi connectivity index (χ4v) is 3.75. The molecule has 0 saturated heterocycles. The number of aromatic nitrogens is 1. The molecule has 27 heavy (non-hydrogen) atoms. The molecule has 0 aliphatic carbocycles. The lowest BCUT2D eigenvalue weighted by Crippen LogP contribution is -2.41. The highest BCUT2D eigenvalue weighted by Crippen LogP contribution is 2.33. The van der Waals surface area contributed by atoms with Crippen molar-refractivity contribution >= 4 is 22.8 Å². The Morgan fingerprint density at radius 1 is 1.19 bits per heavy atom. The summed E-state index contributed by atoms with van der Waals surface area (Å²) in [5.41, 5.74) is 4.50. The fourth-order valence-electron chi connectivity index (χ4n) is 3.75. The molecule has 5 heteroatoms. The van der Waals surface area contributed by atoms with E-state index in [-0.39, 0.29) is 11.9 Å². The lowest BCUT2D eigenvalue weighted by molar-refractivity contribution is -0.146. The number of rotatable bonds is 4. The minimum atomic E-state index is -0.555. The van der Waals surface area contributed by atoms with Crippen LogP contribution in [0.25, 0.3) is 22.0 Å². The first-order valence-corrected chi connectivity index (χ1v) is 9.00. The third kappa shape index (κ3) is 2.85. The second-order valence-electron chi connectivity index (χ2n) is 6.63. The van der Waals surface area contributed by atoms with Crippen LogP contribution in [0.2, 0.25) is 0 Å². The summed E-state index contributed by atoms with van der Waals surface area (Å²) >= 11 is 0. The van der Waals surface area contributed by atoms with Gasteiger partial charge in [-0.15, -0.1) is 0 Å². The van der Waals surface area contributed by atoms with Gasteiger partial charge in [0.2, 0.25) is 0 Å². The molecule has 1 atom stereocenters. The number of benzene rings is 2. The molecule has 0 fully saturated rings. The molecule has 1 aromatic heterocycles. The first kappa shape index (κ1) is 17.2. The Kier molecular flexibility index (Phi) is 4.36. The van der Waals surface area contributed by atoms with Crippen LogP contribution in [-0.4, -0.2) is 34.9 Å². The van der Waals surface area contributed by atoms with Crippen LogP contribution in [0.15, 0.2) is 54.7 Å². The van der Waals surface area contributed by atoms with E-state index in [2.05, 4.69) is 4.98 Å². The SMILES string of the molecule is CCC(C(=O)OC)N1Cc2ccc(-c3cccc4ncccc34)cc2C1=O. The minimum absolute atomic E-state index is 0.123. The largest absolute Gasteiger partial charge is 0.467 e. The van der Waals surface area contributed by atoms with Crippen LogP contribution in [0.1, 0.15) is 29.3 Å². The average molecular weight is 360 g/mol. The highest BCUT2D eigenvalue weighted by molar-refractivity contribution is 6.03. The van der Waals surface area contributed by atoms with Crippen molar-refractivity contribution in [3.8, 4) is 11.1 Å². The van der Waals surface area contributed by atoms with Gasteiger partial charge in [0.05, 0.1) is 12.6 Å². The molecule has 2 aromatic carbocycles. The van der Waals surface area contributed by atoms with Crippen LogP contribution in [-0.2, 0) is 16.1 Å². The van der Waals surface area contributed by atoms with Gasteiger partial charge >= 0.3 is 5.97 Å². The number of fused-ring (bicyclic) bond motifs is 2. The maximum atomic E-state index is 13.0. The molecule has 5 nitrogen and oxygen atoms in total. The normalized spacial score (nSPS) is 14.3. The maximum Gasteiger partial charge on any atom is 0.328 e. The van der Waals surface area contributed by atoms with Crippen molar-refractivity contribution in [1.82, 2.24) is 9.88 Å². The van der Waals surface area contributed by atoms with Crippen LogP contribution in [0.3, 0.4) is 0 Å². The predicted molar refractivity (Wildman–Crippen MR) is 103 cm³/mol. The molecule has 1 unspecified atom stereocenters. The Bertz CT molecular complexity index is 1040. The van der Waals surface area contributed by atoms with Crippen molar-refractivity contribution in [2.24, 2.45) is 0 Å². The summed E-state index contributed by atoms with van der Waals surface area (Å²) in [5, 5.41) is 1.04. The molecule has 1 amide bonds. The number of hydrogen-bond acceptors (Lipinski definition) is 4. The summed E-state index contributed by atoms with van der Waals surface area (Å²) < 4.78 is 4.86. The Morgan fingerprint density at radius 3 is 2.81 bits per heavy atom. The topological polar surface area (TPSA) is 59.5 Å². The van der Waals surface area contributed by atoms with Crippen molar-refractivity contribution in [3.05, 3.63) is 65.9 Å². The van der Waals surface area contributed by atoms with Gasteiger partial charge in [-0.3, -0.25) is 9.78 Å². The van der Waals surface area contributed by atoms with Crippen molar-refractivity contribution in [2.45, 2.75) is 25.9 Å². The molecule has 136 valence electrons. The Hall–Kier alpha value is -3.21. The van der Waals surface area contributed by atoms with Crippen LogP contribution in [0.5, 0.6) is 0 Å². The zero-order chi connectivity index (χ0) is 19.0. The number of methoxy groups -OCH3 is 1. The summed E-state index contributed by atoms with van der Waals surface area (Å²) in [6, 6.07) is 15.3. The number of hydrogen-bond donors (Lipinski definition) is 0. The van der Waals surface area contributed by atoms with E-state index >= 15 is 0 Å². The standard InChI is InChI=1S/C22H20N2O3/c1-3-20(22(26)27-2)24-13-15-10-9-14(12-18(15)21(24)25)16-6-4-8-19-17(16)7-5-11-23-19/h4-12,20H,3,13H2,1-2H3. The molecule has 0 bridgehead atoms. The summed E-state index contributed by atoms with van der Waals surface area (Å²) in [4.78, 5) is 31.0. The van der Waals surface area contributed by atoms with Gasteiger partial charge in [0.15, 0.2) is 0 Å². The smallest absolute Gasteiger partial charge is 0.328 e. The second kappa shape index (κ2) is 6.83. The van der Waals surface area contributed by atoms with Gasteiger partial charge in [-0.05, 0) is 41.3 Å². The van der Waals surface area contributed by atoms with Crippen molar-refractivity contribution in [3.63, 3.8) is 0 Å². The van der Waals surface area contributed by atoms with Gasteiger partial charge < -0.3 is 9.64 Å². The Morgan fingerprint density at radius 2 is 2.04 bits per heavy atom. The average Bonchev–Trinajstić information content (AvgIpc) is 3.04. The fraction of sp³-hybridized carbons (Fsp3) is 0.227. The van der Waals surface area contributed by atoms with E-state index in [0.717, 1.165) is 27.6 Å². The summed E-state index contributed by atoms with van der Waals surface area (Å²) in [6.07, 6.45) is 2.29. The zero-order valence-corrected chi connectivity index (χ0v) is 15.3. The Balaban J connectivity index is 1.75. The molecule has 0 radical (unpaired) electrons. The van der Waals surface area contributed by atoms with E-state index in [1.165, 1.54) is 7.11 Å². The molecule has 0 spiro atoms. The van der Waals surface area contributed by atoms with Crippen molar-refractivity contribution in [2.75, 3.05) is 7.11 Å². The number of ether oxygens (including phenoxy) is 1. The third-order valence-corrected chi connectivity index (χ3v) is 5.13. The first-order chi connectivity index (χ1) is 13.1. The highest BCUT2D eigenvalue weighted by atomic mass is 16.5. The van der Waals surface area contributed by atoms with Crippen molar-refractivity contribution < 1.29 is 14.3 Å². The van der Waals surface area contributed by atoms with E-state index in [9.17, 15) is 9.59 Å². The van der Waals surface area contributed by atoms with E-state index in [4.69, 9.17) is 4.74 Å². The van der Waals surface area contributed by atoms with Crippen molar-refractivity contribution in [1.29, 1.82) is 0 Å². The lowest BCUT2D eigenvalue weighted by atomic mass is 9.97. The molecular weight excluding hydrogens is 340 g/mol. The molecule has 0 N–H and O–H groups in total. The summed E-state index contributed by atoms with van der Waals surface area (Å²) in [6.45, 7) is 2.31. The first-order valence-electron chi connectivity index (χ1n) is 9.00. The predicted octanol–water partition coefficient (Wildman–Crippen LogP) is 3.81. The van der Waals surface area contributed by atoms with Gasteiger partial charge in [-0.2, -0.15) is 0 Å². The van der Waals surface area contributed by atoms with E-state index in [1.807, 2.05) is 55.5 Å². The molecule has 2 heterocycles. The molecule has 0 saturated carbocycles. The second-order valence-corrected chi connectivity index (χ2v) is 6.63. The van der Waals surface area contributed by atoms with Gasteiger partial charge in [0, 0.05) is 23.7 Å². The number of carbonyl (C=O) groups is 2. The van der Waals surface area contributed by atoms with Crippen LogP contribution >= 0.6 is 0 Å². The minimum Gasteiger partial charge on any atom is -0.467 e. The van der Waals surface area contributed by atoms with Gasteiger partial charge in [-0.1, -0.05) is 37.3 Å². The molecule has 1 aliphatic heterocycles. The summed E-state index contributed by atoms with van der Waals surface area (Å²) in [7, 11) is 1.35. The van der Waals surface area contributed by atoms with Crippen LogP contribution < -0.4 is 0 Å². The lowest BCUT2D eigenvalue weighted by Gasteiger charge is -2.24. The van der Waals surface area contributed by atoms with Gasteiger partial charge in [-0.25, -0.2) is 4.79 Å². The number of amides is 1. The molecule has 1 aliphatic rings. The molecular formula is C22H20N2O3. The quantitative estimate of drug-likeness (QED) is 0.664. The molecule has 4 rings (SSSR count). The van der Waals surface area contributed by atoms with Gasteiger partial charge in [0.1, 0.15) is 6.04 Å². The highest BCUT2D eigenvalue weighted by Gasteiger charge is 2.36. The molecule has 3 aromatic rings. The maximum absolute atomic E-state index is 13.0. The van der Waals surface area contributed by atoms with Crippen LogP contribution in [0, 0.1) is 0 Å². The Labute approximate surface area is 157 Å². The zero-order valence-electron chi connectivity index (χ0n) is 15.3. The number of esters is 1. The van der Waals surface area contributed by atoms with Crippen LogP contribution in [0.4, 0.5) is 0 Å². The third-order valence-electron chi connectivity index (χ3n) is 5.13. The van der Waals surface area contributed by atoms with E-state index in [1.54, 1.807) is 11.1 Å². The number of nitrogens with zero attached hydrogens (tertiary/aromatic N) is 2.